The average Bonchev–Trinajstić information content (AvgIpc) is 3.10. The molecule has 0 amide bonds. The third kappa shape index (κ3) is 4.04. The molecule has 3 aromatic rings. The Hall–Kier alpha value is -2.79. The molecular weight excluding hydrogens is 402 g/mol. The molecule has 11 heteroatoms. The van der Waals surface area contributed by atoms with Crippen LogP contribution in [0.4, 0.5) is 11.9 Å². The van der Waals surface area contributed by atoms with E-state index >= 15 is 0 Å². The van der Waals surface area contributed by atoms with Gasteiger partial charge < -0.3 is 9.47 Å². The molecule has 1 N–H and O–H groups in total. The first-order valence-corrected chi connectivity index (χ1v) is 10.9. The van der Waals surface area contributed by atoms with Crippen LogP contribution in [0.5, 0.6) is 11.5 Å². The molecule has 1 aliphatic heterocycles. The molecule has 1 aliphatic rings. The Labute approximate surface area is 165 Å². The number of nitrogens with zero attached hydrogens (tertiary/aromatic N) is 4. The summed E-state index contributed by atoms with van der Waals surface area (Å²) < 4.78 is 40.7. The number of hydrogen-bond donors (Lipinski definition) is 1. The second-order valence-corrected chi connectivity index (χ2v) is 9.22. The second-order valence-electron chi connectivity index (χ2n) is 6.26. The predicted molar refractivity (Wildman–Crippen MR) is 103 cm³/mol. The minimum atomic E-state index is -3.69. The van der Waals surface area contributed by atoms with E-state index in [1.165, 1.54) is 0 Å². The van der Waals surface area contributed by atoms with Crippen LogP contribution in [0.3, 0.4) is 0 Å². The Morgan fingerprint density at radius 2 is 1.82 bits per heavy atom. The molecule has 0 bridgehead atoms. The normalized spacial score (nSPS) is 16.0. The van der Waals surface area contributed by atoms with E-state index in [4.69, 9.17) is 9.47 Å². The van der Waals surface area contributed by atoms with Crippen LogP contribution in [0, 0.1) is 13.8 Å². The van der Waals surface area contributed by atoms with Crippen molar-refractivity contribution in [2.45, 2.75) is 24.3 Å². The smallest absolute Gasteiger partial charge is 0.242 e. The highest BCUT2D eigenvalue weighted by Gasteiger charge is 2.30. The summed E-state index contributed by atoms with van der Waals surface area (Å²) >= 11 is 0.795. The highest BCUT2D eigenvalue weighted by molar-refractivity contribution is 7.93. The fourth-order valence-electron chi connectivity index (χ4n) is 2.73. The molecule has 9 nitrogen and oxygen atoms in total. The summed E-state index contributed by atoms with van der Waals surface area (Å²) in [5.74, 6) is 1.34. The molecule has 0 radical (unpaired) electrons. The lowest BCUT2D eigenvalue weighted by atomic mass is 10.3. The highest BCUT2D eigenvalue weighted by Crippen LogP contribution is 2.31. The van der Waals surface area contributed by atoms with Crippen molar-refractivity contribution < 1.29 is 17.9 Å². The quantitative estimate of drug-likeness (QED) is 0.665. The molecule has 4 rings (SSSR count). The van der Waals surface area contributed by atoms with Gasteiger partial charge in [-0.3, -0.25) is 5.32 Å². The third-order valence-corrected chi connectivity index (χ3v) is 6.78. The number of sulfone groups is 1. The van der Waals surface area contributed by atoms with E-state index in [9.17, 15) is 8.42 Å². The molecule has 1 atom stereocenters. The Bertz CT molecular complexity index is 1100. The van der Waals surface area contributed by atoms with E-state index in [2.05, 4.69) is 24.6 Å². The largest absolute Gasteiger partial charge is 0.486 e. The number of fused-ring (bicyclic) bond motifs is 1. The third-order valence-electron chi connectivity index (χ3n) is 3.85. The van der Waals surface area contributed by atoms with Crippen molar-refractivity contribution in [3.8, 4) is 11.5 Å². The summed E-state index contributed by atoms with van der Waals surface area (Å²) in [6, 6.07) is 8.98. The van der Waals surface area contributed by atoms with Gasteiger partial charge >= 0.3 is 0 Å². The average molecular weight is 419 g/mol. The Kier molecular flexibility index (Phi) is 4.85. The lowest BCUT2D eigenvalue weighted by Gasteiger charge is -2.25. The lowest BCUT2D eigenvalue weighted by Crippen LogP contribution is -2.35. The van der Waals surface area contributed by atoms with Gasteiger partial charge in [-0.1, -0.05) is 12.1 Å². The van der Waals surface area contributed by atoms with E-state index < -0.39 is 15.9 Å². The van der Waals surface area contributed by atoms with Gasteiger partial charge in [0.2, 0.25) is 26.1 Å². The molecule has 0 fully saturated rings. The molecule has 0 spiro atoms. The molecule has 146 valence electrons. The summed E-state index contributed by atoms with van der Waals surface area (Å²) in [6.45, 7) is 3.83. The Morgan fingerprint density at radius 3 is 2.57 bits per heavy atom. The van der Waals surface area contributed by atoms with E-state index in [-0.39, 0.29) is 22.6 Å². The van der Waals surface area contributed by atoms with Gasteiger partial charge in [-0.25, -0.2) is 18.4 Å². The molecule has 1 aromatic carbocycles. The number of anilines is 2. The first kappa shape index (κ1) is 18.6. The van der Waals surface area contributed by atoms with E-state index in [1.54, 1.807) is 18.2 Å². The molecule has 1 unspecified atom stereocenters. The fourth-order valence-corrected chi connectivity index (χ4v) is 4.90. The van der Waals surface area contributed by atoms with Crippen LogP contribution in [-0.2, 0) is 9.84 Å². The minimum absolute atomic E-state index is 0.0955. The van der Waals surface area contributed by atoms with Crippen molar-refractivity contribution in [3.63, 3.8) is 0 Å². The van der Waals surface area contributed by atoms with E-state index in [0.29, 0.717) is 17.4 Å². The van der Waals surface area contributed by atoms with E-state index in [1.807, 2.05) is 26.0 Å². The second kappa shape index (κ2) is 7.32. The number of aryl methyl sites for hydroxylation is 2. The molecule has 2 aromatic heterocycles. The standard InChI is InChI=1S/C17H17N5O4S2/c1-10-7-11(2)19-15(18-10)20-16-21-17(27-22-16)28(23,24)9-12-8-25-13-5-3-4-6-14(13)26-12/h3-7,12H,8-9H2,1-2H3,(H,18,19,20,22). The number of hydrogen-bond acceptors (Lipinski definition) is 10. The van der Waals surface area contributed by atoms with Crippen LogP contribution in [-0.4, -0.2) is 46.2 Å². The minimum Gasteiger partial charge on any atom is -0.486 e. The van der Waals surface area contributed by atoms with Crippen molar-refractivity contribution in [2.75, 3.05) is 17.7 Å². The summed E-state index contributed by atoms with van der Waals surface area (Å²) in [7, 11) is -3.69. The summed E-state index contributed by atoms with van der Waals surface area (Å²) in [5.41, 5.74) is 1.57. The summed E-state index contributed by atoms with van der Waals surface area (Å²) in [6.07, 6.45) is -0.622. The molecular formula is C17H17N5O4S2. The zero-order chi connectivity index (χ0) is 19.7. The van der Waals surface area contributed by atoms with Crippen LogP contribution in [0.1, 0.15) is 11.4 Å². The number of para-hydroxylation sites is 2. The first-order chi connectivity index (χ1) is 13.4. The fraction of sp³-hybridized carbons (Fsp3) is 0.294. The zero-order valence-electron chi connectivity index (χ0n) is 15.1. The van der Waals surface area contributed by atoms with Crippen LogP contribution in [0.15, 0.2) is 34.7 Å². The monoisotopic (exact) mass is 419 g/mol. The molecule has 0 saturated heterocycles. The first-order valence-electron chi connectivity index (χ1n) is 8.43. The van der Waals surface area contributed by atoms with Crippen LogP contribution >= 0.6 is 11.5 Å². The van der Waals surface area contributed by atoms with Gasteiger partial charge in [-0.05, 0) is 32.0 Å². The molecule has 3 heterocycles. The zero-order valence-corrected chi connectivity index (χ0v) is 16.7. The topological polar surface area (TPSA) is 116 Å². The van der Waals surface area contributed by atoms with Gasteiger partial charge in [0.15, 0.2) is 11.5 Å². The molecule has 0 saturated carbocycles. The van der Waals surface area contributed by atoms with Crippen molar-refractivity contribution in [1.29, 1.82) is 0 Å². The maximum absolute atomic E-state index is 12.7. The predicted octanol–water partition coefficient (Wildman–Crippen LogP) is 2.30. The number of ether oxygens (including phenoxy) is 2. The number of rotatable bonds is 5. The molecule has 28 heavy (non-hydrogen) atoms. The Morgan fingerprint density at radius 1 is 1.11 bits per heavy atom. The molecule has 0 aliphatic carbocycles. The maximum Gasteiger partial charge on any atom is 0.242 e. The van der Waals surface area contributed by atoms with Gasteiger partial charge in [0.25, 0.3) is 0 Å². The SMILES string of the molecule is Cc1cc(C)nc(Nc2nsc(S(=O)(=O)CC3COc4ccccc4O3)n2)n1. The highest BCUT2D eigenvalue weighted by atomic mass is 32.2. The Balaban J connectivity index is 1.47. The van der Waals surface area contributed by atoms with Crippen molar-refractivity contribution in [1.82, 2.24) is 19.3 Å². The number of nitrogens with one attached hydrogen (secondary N) is 1. The van der Waals surface area contributed by atoms with Crippen molar-refractivity contribution in [3.05, 3.63) is 41.7 Å². The summed E-state index contributed by atoms with van der Waals surface area (Å²) in [5, 5.41) is 2.84. The van der Waals surface area contributed by atoms with Crippen molar-refractivity contribution in [2.24, 2.45) is 0 Å². The lowest BCUT2D eigenvalue weighted by molar-refractivity contribution is 0.106. The van der Waals surface area contributed by atoms with Gasteiger partial charge in [0.05, 0.1) is 5.75 Å². The van der Waals surface area contributed by atoms with Crippen LogP contribution < -0.4 is 14.8 Å². The van der Waals surface area contributed by atoms with Gasteiger partial charge in [0.1, 0.15) is 12.7 Å². The van der Waals surface area contributed by atoms with Crippen molar-refractivity contribution >= 4 is 33.3 Å². The number of aromatic nitrogens is 4. The van der Waals surface area contributed by atoms with Crippen LogP contribution in [0.2, 0.25) is 0 Å². The maximum atomic E-state index is 12.7. The van der Waals surface area contributed by atoms with Gasteiger partial charge in [0, 0.05) is 22.9 Å². The van der Waals surface area contributed by atoms with Gasteiger partial charge in [-0.15, -0.1) is 0 Å². The summed E-state index contributed by atoms with van der Waals surface area (Å²) in [4.78, 5) is 12.5. The van der Waals surface area contributed by atoms with E-state index in [0.717, 1.165) is 22.9 Å². The van der Waals surface area contributed by atoms with Crippen LogP contribution in [0.25, 0.3) is 0 Å². The number of benzene rings is 1. The van der Waals surface area contributed by atoms with Gasteiger partial charge in [-0.2, -0.15) is 9.36 Å².